The van der Waals surface area contributed by atoms with Crippen LogP contribution in [0, 0.1) is 0 Å². The molecule has 1 heterocycles. The number of rotatable bonds is 8. The van der Waals surface area contributed by atoms with Gasteiger partial charge >= 0.3 is 6.43 Å². The van der Waals surface area contributed by atoms with E-state index in [1.54, 1.807) is 35.8 Å². The summed E-state index contributed by atoms with van der Waals surface area (Å²) in [7, 11) is 0. The molecule has 4 N–H and O–H groups in total. The maximum atomic E-state index is 13.1. The third-order valence-corrected chi connectivity index (χ3v) is 4.01. The highest BCUT2D eigenvalue weighted by Gasteiger charge is 2.26. The normalized spacial score (nSPS) is 14.6. The van der Waals surface area contributed by atoms with Gasteiger partial charge < -0.3 is 16.2 Å². The summed E-state index contributed by atoms with van der Waals surface area (Å²) in [5, 5.41) is 12.0. The summed E-state index contributed by atoms with van der Waals surface area (Å²) in [5.41, 5.74) is 8.59. The van der Waals surface area contributed by atoms with Crippen molar-refractivity contribution in [2.45, 2.75) is 38.0 Å². The lowest BCUT2D eigenvalue weighted by molar-refractivity contribution is -0.133. The van der Waals surface area contributed by atoms with Crippen LogP contribution in [0.15, 0.2) is 42.6 Å². The van der Waals surface area contributed by atoms with Gasteiger partial charge in [-0.1, -0.05) is 30.3 Å². The van der Waals surface area contributed by atoms with E-state index in [2.05, 4.69) is 4.98 Å². The number of aliphatic hydroxyl groups is 1. The molecule has 0 aliphatic rings. The Morgan fingerprint density at radius 1 is 1.19 bits per heavy atom. The molecule has 1 amide bonds. The molecule has 3 atom stereocenters. The predicted molar refractivity (Wildman–Crippen MR) is 95.9 cm³/mol. The Bertz CT molecular complexity index is 737. The first-order valence-electron chi connectivity index (χ1n) is 8.45. The average molecular weight is 381 g/mol. The molecular weight excluding hydrogens is 359 g/mol. The number of nitrogens with one attached hydrogen (secondary N) is 1. The predicted octanol–water partition coefficient (Wildman–Crippen LogP) is 2.39. The molecule has 2 aromatic rings. The number of carbonyl (C=O) groups excluding carboxylic acids is 1. The fourth-order valence-electron chi connectivity index (χ4n) is 2.60. The zero-order valence-corrected chi connectivity index (χ0v) is 14.8. The van der Waals surface area contributed by atoms with Gasteiger partial charge in [0.15, 0.2) is 0 Å². The van der Waals surface area contributed by atoms with Crippen LogP contribution in [-0.4, -0.2) is 41.2 Å². The third kappa shape index (κ3) is 5.77. The number of halogens is 3. The number of carbonyl (C=O) groups is 1. The maximum absolute atomic E-state index is 13.1. The van der Waals surface area contributed by atoms with Crippen molar-refractivity contribution >= 4 is 5.91 Å². The minimum Gasteiger partial charge on any atom is -0.386 e. The van der Waals surface area contributed by atoms with Crippen molar-refractivity contribution in [2.75, 3.05) is 6.67 Å². The summed E-state index contributed by atoms with van der Waals surface area (Å²) < 4.78 is 37.7. The highest BCUT2D eigenvalue weighted by atomic mass is 19.3. The molecule has 0 fully saturated rings. The fourth-order valence-corrected chi connectivity index (χ4v) is 2.60. The molecule has 0 aliphatic heterocycles. The number of benzene rings is 1. The number of pyridine rings is 1. The van der Waals surface area contributed by atoms with Crippen LogP contribution in [0.25, 0.3) is 11.1 Å². The second-order valence-corrected chi connectivity index (χ2v) is 6.36. The van der Waals surface area contributed by atoms with Crippen molar-refractivity contribution in [2.24, 2.45) is 5.73 Å². The minimum absolute atomic E-state index is 0.0122. The average Bonchev–Trinajstić information content (AvgIpc) is 2.65. The van der Waals surface area contributed by atoms with E-state index in [0.29, 0.717) is 12.0 Å². The molecule has 5 nitrogen and oxygen atoms in total. The molecule has 27 heavy (non-hydrogen) atoms. The molecule has 0 saturated carbocycles. The number of aliphatic hydroxyl groups excluding tert-OH is 1. The van der Waals surface area contributed by atoms with Gasteiger partial charge in [0.1, 0.15) is 12.8 Å². The third-order valence-electron chi connectivity index (χ3n) is 4.01. The Morgan fingerprint density at radius 2 is 1.81 bits per heavy atom. The number of nitrogens with two attached hydrogens (primary N) is 1. The molecule has 2 rings (SSSR count). The number of hydrogen-bond acceptors (Lipinski definition) is 4. The second-order valence-electron chi connectivity index (χ2n) is 6.36. The van der Waals surface area contributed by atoms with E-state index >= 15 is 0 Å². The SMILES string of the molecule is CC(N)Cc1ccc(-c2ccc([C@@H](O)[C@@H](CF)NC(=O)C(F)F)cc2)cn1. The Balaban J connectivity index is 2.10. The van der Waals surface area contributed by atoms with Crippen LogP contribution in [0.1, 0.15) is 24.3 Å². The van der Waals surface area contributed by atoms with E-state index in [1.165, 1.54) is 0 Å². The number of alkyl halides is 3. The highest BCUT2D eigenvalue weighted by molar-refractivity contribution is 5.79. The van der Waals surface area contributed by atoms with Gasteiger partial charge in [-0.05, 0) is 24.1 Å². The fraction of sp³-hybridized carbons (Fsp3) is 0.368. The first-order valence-corrected chi connectivity index (χ1v) is 8.45. The van der Waals surface area contributed by atoms with Gasteiger partial charge in [-0.15, -0.1) is 0 Å². The Kier molecular flexibility index (Phi) is 7.32. The first-order chi connectivity index (χ1) is 12.8. The monoisotopic (exact) mass is 381 g/mol. The first kappa shape index (κ1) is 20.9. The molecule has 146 valence electrons. The summed E-state index contributed by atoms with van der Waals surface area (Å²) in [6.07, 6.45) is -2.35. The lowest BCUT2D eigenvalue weighted by Crippen LogP contribution is -2.43. The Hall–Kier alpha value is -2.45. The van der Waals surface area contributed by atoms with Crippen LogP contribution >= 0.6 is 0 Å². The van der Waals surface area contributed by atoms with E-state index in [1.807, 2.05) is 19.1 Å². The van der Waals surface area contributed by atoms with Gasteiger partial charge in [0.2, 0.25) is 0 Å². The second kappa shape index (κ2) is 9.48. The van der Waals surface area contributed by atoms with Gasteiger partial charge in [-0.2, -0.15) is 8.78 Å². The summed E-state index contributed by atoms with van der Waals surface area (Å²) in [5.74, 6) is -1.62. The van der Waals surface area contributed by atoms with Crippen LogP contribution in [0.3, 0.4) is 0 Å². The van der Waals surface area contributed by atoms with Crippen LogP contribution in [0.5, 0.6) is 0 Å². The summed E-state index contributed by atoms with van der Waals surface area (Å²) >= 11 is 0. The van der Waals surface area contributed by atoms with Gasteiger partial charge in [-0.3, -0.25) is 9.78 Å². The molecule has 1 unspecified atom stereocenters. The van der Waals surface area contributed by atoms with Crippen molar-refractivity contribution in [3.8, 4) is 11.1 Å². The summed E-state index contributed by atoms with van der Waals surface area (Å²) in [4.78, 5) is 15.4. The van der Waals surface area contributed by atoms with Gasteiger partial charge in [0, 0.05) is 29.9 Å². The summed E-state index contributed by atoms with van der Waals surface area (Å²) in [6.45, 7) is 0.723. The molecule has 0 radical (unpaired) electrons. The number of nitrogens with zero attached hydrogens (tertiary/aromatic N) is 1. The minimum atomic E-state index is -3.27. The van der Waals surface area contributed by atoms with Crippen molar-refractivity contribution in [3.05, 3.63) is 53.9 Å². The van der Waals surface area contributed by atoms with Crippen molar-refractivity contribution < 1.29 is 23.1 Å². The molecule has 1 aromatic heterocycles. The zero-order valence-electron chi connectivity index (χ0n) is 14.8. The van der Waals surface area contributed by atoms with Crippen LogP contribution in [0.4, 0.5) is 13.2 Å². The van der Waals surface area contributed by atoms with E-state index < -0.39 is 31.2 Å². The summed E-state index contributed by atoms with van der Waals surface area (Å²) in [6, 6.07) is 8.83. The molecule has 1 aromatic carbocycles. The molecule has 0 saturated heterocycles. The van der Waals surface area contributed by atoms with Crippen molar-refractivity contribution in [3.63, 3.8) is 0 Å². The van der Waals surface area contributed by atoms with Gasteiger partial charge in [-0.25, -0.2) is 4.39 Å². The van der Waals surface area contributed by atoms with Crippen LogP contribution in [-0.2, 0) is 11.2 Å². The lowest BCUT2D eigenvalue weighted by atomic mass is 9.99. The van der Waals surface area contributed by atoms with E-state index in [-0.39, 0.29) is 6.04 Å². The number of amides is 1. The van der Waals surface area contributed by atoms with Crippen LogP contribution < -0.4 is 11.1 Å². The standard InChI is InChI=1S/C19H22F3N3O2/c1-11(23)8-15-7-6-14(10-24-15)12-2-4-13(5-3-12)17(26)16(9-20)25-19(27)18(21)22/h2-7,10-11,16-18,26H,8-9,23H2,1H3,(H,25,27)/t11?,16-,17-/m1/s1. The largest absolute Gasteiger partial charge is 0.386 e. The zero-order chi connectivity index (χ0) is 20.0. The molecular formula is C19H22F3N3O2. The number of hydrogen-bond donors (Lipinski definition) is 3. The van der Waals surface area contributed by atoms with Gasteiger partial charge in [0.25, 0.3) is 5.91 Å². The van der Waals surface area contributed by atoms with E-state index in [0.717, 1.165) is 16.8 Å². The van der Waals surface area contributed by atoms with E-state index in [4.69, 9.17) is 5.73 Å². The lowest BCUT2D eigenvalue weighted by Gasteiger charge is -2.22. The highest BCUT2D eigenvalue weighted by Crippen LogP contribution is 2.24. The molecule has 8 heteroatoms. The van der Waals surface area contributed by atoms with Crippen LogP contribution in [0.2, 0.25) is 0 Å². The molecule has 0 aliphatic carbocycles. The molecule has 0 bridgehead atoms. The van der Waals surface area contributed by atoms with Gasteiger partial charge in [0.05, 0.1) is 6.04 Å². The Morgan fingerprint density at radius 3 is 2.30 bits per heavy atom. The molecule has 0 spiro atoms. The van der Waals surface area contributed by atoms with Crippen molar-refractivity contribution in [1.29, 1.82) is 0 Å². The maximum Gasteiger partial charge on any atom is 0.315 e. The van der Waals surface area contributed by atoms with Crippen molar-refractivity contribution in [1.82, 2.24) is 10.3 Å². The number of aromatic nitrogens is 1. The quantitative estimate of drug-likeness (QED) is 0.655. The Labute approximate surface area is 155 Å². The topological polar surface area (TPSA) is 88.2 Å². The smallest absolute Gasteiger partial charge is 0.315 e. The van der Waals surface area contributed by atoms with E-state index in [9.17, 15) is 23.1 Å².